The van der Waals surface area contributed by atoms with Crippen molar-refractivity contribution in [3.63, 3.8) is 0 Å². The fourth-order valence-corrected chi connectivity index (χ4v) is 3.24. The van der Waals surface area contributed by atoms with Crippen molar-refractivity contribution in [1.29, 1.82) is 0 Å². The molecule has 0 saturated carbocycles. The van der Waals surface area contributed by atoms with Crippen molar-refractivity contribution in [2.75, 3.05) is 32.7 Å². The van der Waals surface area contributed by atoms with Gasteiger partial charge in [-0.05, 0) is 49.9 Å². The van der Waals surface area contributed by atoms with Crippen LogP contribution < -0.4 is 10.6 Å². The maximum absolute atomic E-state index is 13.3. The van der Waals surface area contributed by atoms with Gasteiger partial charge in [0.15, 0.2) is 5.96 Å². The number of rotatable bonds is 6. The summed E-state index contributed by atoms with van der Waals surface area (Å²) in [5, 5.41) is 7.45. The zero-order chi connectivity index (χ0) is 18.4. The van der Waals surface area contributed by atoms with Gasteiger partial charge >= 0.3 is 0 Å². The number of guanidine groups is 1. The predicted molar refractivity (Wildman–Crippen MR) is 102 cm³/mol. The Hall–Kier alpha value is -2.57. The highest BCUT2D eigenvalue weighted by molar-refractivity contribution is 5.85. The van der Waals surface area contributed by atoms with Crippen LogP contribution in [0.25, 0.3) is 10.9 Å². The summed E-state index contributed by atoms with van der Waals surface area (Å²) in [5.74, 6) is 0.484. The van der Waals surface area contributed by atoms with Crippen LogP contribution in [0.15, 0.2) is 29.4 Å². The van der Waals surface area contributed by atoms with Crippen LogP contribution >= 0.6 is 0 Å². The van der Waals surface area contributed by atoms with Gasteiger partial charge in [0, 0.05) is 43.3 Å². The predicted octanol–water partition coefficient (Wildman–Crippen LogP) is 2.03. The van der Waals surface area contributed by atoms with Gasteiger partial charge in [-0.3, -0.25) is 4.79 Å². The van der Waals surface area contributed by atoms with E-state index in [4.69, 9.17) is 0 Å². The number of fused-ring (bicyclic) bond motifs is 1. The van der Waals surface area contributed by atoms with Crippen molar-refractivity contribution in [3.05, 3.63) is 35.8 Å². The molecule has 1 aliphatic rings. The molecule has 1 amide bonds. The van der Waals surface area contributed by atoms with E-state index in [9.17, 15) is 9.18 Å². The number of hydrogen-bond acceptors (Lipinski definition) is 2. The Bertz CT molecular complexity index is 779. The number of likely N-dealkylation sites (tertiary alicyclic amines) is 1. The van der Waals surface area contributed by atoms with Gasteiger partial charge in [0.05, 0.1) is 0 Å². The molecule has 1 fully saturated rings. The summed E-state index contributed by atoms with van der Waals surface area (Å²) in [4.78, 5) is 21.5. The van der Waals surface area contributed by atoms with E-state index < -0.39 is 0 Å². The van der Waals surface area contributed by atoms with Crippen molar-refractivity contribution >= 4 is 22.8 Å². The zero-order valence-corrected chi connectivity index (χ0v) is 15.1. The minimum Gasteiger partial charge on any atom is -0.361 e. The molecular formula is C19H26FN5O. The Balaban J connectivity index is 1.54. The highest BCUT2D eigenvalue weighted by Crippen LogP contribution is 2.19. The highest BCUT2D eigenvalue weighted by Gasteiger charge is 2.17. The molecule has 1 aromatic heterocycles. The van der Waals surface area contributed by atoms with E-state index in [2.05, 4.69) is 20.6 Å². The fourth-order valence-electron chi connectivity index (χ4n) is 3.24. The van der Waals surface area contributed by atoms with Crippen LogP contribution in [0.5, 0.6) is 0 Å². The molecule has 26 heavy (non-hydrogen) atoms. The van der Waals surface area contributed by atoms with Crippen molar-refractivity contribution in [1.82, 2.24) is 20.5 Å². The Labute approximate surface area is 152 Å². The minimum atomic E-state index is -0.242. The van der Waals surface area contributed by atoms with E-state index in [0.717, 1.165) is 55.4 Å². The van der Waals surface area contributed by atoms with Gasteiger partial charge in [0.1, 0.15) is 12.4 Å². The van der Waals surface area contributed by atoms with Crippen molar-refractivity contribution < 1.29 is 9.18 Å². The molecule has 1 aliphatic heterocycles. The first-order valence-corrected chi connectivity index (χ1v) is 9.23. The van der Waals surface area contributed by atoms with Gasteiger partial charge in [-0.15, -0.1) is 0 Å². The first-order chi connectivity index (χ1) is 12.7. The molecule has 140 valence electrons. The Morgan fingerprint density at radius 1 is 1.31 bits per heavy atom. The number of carbonyl (C=O) groups is 1. The van der Waals surface area contributed by atoms with E-state index >= 15 is 0 Å². The number of amides is 1. The number of nitrogens with zero attached hydrogens (tertiary/aromatic N) is 2. The number of H-pyrrole nitrogens is 1. The van der Waals surface area contributed by atoms with Crippen LogP contribution in [-0.2, 0) is 11.2 Å². The zero-order valence-electron chi connectivity index (χ0n) is 15.1. The lowest BCUT2D eigenvalue weighted by atomic mass is 10.1. The largest absolute Gasteiger partial charge is 0.361 e. The number of nitrogens with one attached hydrogen (secondary N) is 3. The molecule has 2 heterocycles. The van der Waals surface area contributed by atoms with Gasteiger partial charge in [-0.2, -0.15) is 0 Å². The summed E-state index contributed by atoms with van der Waals surface area (Å²) >= 11 is 0. The first-order valence-electron chi connectivity index (χ1n) is 9.23. The van der Waals surface area contributed by atoms with Crippen molar-refractivity contribution in [3.8, 4) is 0 Å². The number of aliphatic imine (C=N–C) groups is 1. The molecule has 0 spiro atoms. The maximum atomic E-state index is 13.3. The standard InChI is InChI=1S/C19H26FN5O/c1-2-21-19(24-13-18(26)25-9-3-4-10-25)22-8-7-14-12-23-17-11-15(20)5-6-16(14)17/h5-6,11-12,23H,2-4,7-10,13H2,1H3,(H2,21,22,24). The van der Waals surface area contributed by atoms with Crippen molar-refractivity contribution in [2.24, 2.45) is 4.99 Å². The summed E-state index contributed by atoms with van der Waals surface area (Å²) in [5.41, 5.74) is 1.92. The third-order valence-electron chi connectivity index (χ3n) is 4.59. The van der Waals surface area contributed by atoms with Crippen LogP contribution in [-0.4, -0.2) is 54.5 Å². The number of aromatic amines is 1. The number of carbonyl (C=O) groups excluding carboxylic acids is 1. The van der Waals surface area contributed by atoms with Gasteiger partial charge in [0.2, 0.25) is 5.91 Å². The Morgan fingerprint density at radius 2 is 2.12 bits per heavy atom. The number of halogens is 1. The molecule has 0 atom stereocenters. The molecule has 0 aliphatic carbocycles. The maximum Gasteiger partial charge on any atom is 0.244 e. The normalized spacial score (nSPS) is 14.8. The second-order valence-corrected chi connectivity index (χ2v) is 6.46. The number of aromatic nitrogens is 1. The second-order valence-electron chi connectivity index (χ2n) is 6.46. The van der Waals surface area contributed by atoms with Gasteiger partial charge in [0.25, 0.3) is 0 Å². The first kappa shape index (κ1) is 18.2. The quantitative estimate of drug-likeness (QED) is 0.546. The molecule has 1 saturated heterocycles. The Morgan fingerprint density at radius 3 is 2.88 bits per heavy atom. The van der Waals surface area contributed by atoms with Crippen LogP contribution in [0, 0.1) is 5.82 Å². The van der Waals surface area contributed by atoms with Gasteiger partial charge < -0.3 is 20.5 Å². The topological polar surface area (TPSA) is 72.5 Å². The van der Waals surface area contributed by atoms with E-state index in [1.807, 2.05) is 18.0 Å². The average Bonchev–Trinajstić information content (AvgIpc) is 3.29. The summed E-state index contributed by atoms with van der Waals surface area (Å²) in [6.07, 6.45) is 4.85. The molecule has 6 nitrogen and oxygen atoms in total. The summed E-state index contributed by atoms with van der Waals surface area (Å²) in [7, 11) is 0. The van der Waals surface area contributed by atoms with Gasteiger partial charge in [-0.25, -0.2) is 9.38 Å². The SMILES string of the molecule is CCNC(=NCC(=O)N1CCCC1)NCCc1c[nH]c2cc(F)ccc12. The van der Waals surface area contributed by atoms with E-state index in [1.165, 1.54) is 12.1 Å². The van der Waals surface area contributed by atoms with E-state index in [-0.39, 0.29) is 18.3 Å². The summed E-state index contributed by atoms with van der Waals surface area (Å²) < 4.78 is 13.3. The lowest BCUT2D eigenvalue weighted by molar-refractivity contribution is -0.128. The van der Waals surface area contributed by atoms with E-state index in [1.54, 1.807) is 6.07 Å². The Kier molecular flexibility index (Phi) is 6.09. The monoisotopic (exact) mass is 359 g/mol. The third kappa shape index (κ3) is 4.53. The van der Waals surface area contributed by atoms with Crippen LogP contribution in [0.4, 0.5) is 4.39 Å². The number of benzene rings is 1. The average molecular weight is 359 g/mol. The molecule has 0 radical (unpaired) electrons. The number of hydrogen-bond donors (Lipinski definition) is 3. The molecule has 7 heteroatoms. The molecular weight excluding hydrogens is 333 g/mol. The third-order valence-corrected chi connectivity index (χ3v) is 4.59. The molecule has 0 unspecified atom stereocenters. The summed E-state index contributed by atoms with van der Waals surface area (Å²) in [6.45, 7) is 5.26. The van der Waals surface area contributed by atoms with Gasteiger partial charge in [-0.1, -0.05) is 0 Å². The van der Waals surface area contributed by atoms with Crippen LogP contribution in [0.3, 0.4) is 0 Å². The fraction of sp³-hybridized carbons (Fsp3) is 0.474. The second kappa shape index (κ2) is 8.69. The molecule has 3 N–H and O–H groups in total. The van der Waals surface area contributed by atoms with Crippen LogP contribution in [0.2, 0.25) is 0 Å². The lowest BCUT2D eigenvalue weighted by Gasteiger charge is -2.15. The minimum absolute atomic E-state index is 0.0818. The molecule has 1 aromatic carbocycles. The van der Waals surface area contributed by atoms with Crippen molar-refractivity contribution in [2.45, 2.75) is 26.2 Å². The smallest absolute Gasteiger partial charge is 0.244 e. The summed E-state index contributed by atoms with van der Waals surface area (Å²) in [6, 6.07) is 4.77. The molecule has 0 bridgehead atoms. The lowest BCUT2D eigenvalue weighted by Crippen LogP contribution is -2.39. The molecule has 2 aromatic rings. The van der Waals surface area contributed by atoms with E-state index in [0.29, 0.717) is 12.5 Å². The molecule has 3 rings (SSSR count). The highest BCUT2D eigenvalue weighted by atomic mass is 19.1. The van der Waals surface area contributed by atoms with Crippen LogP contribution in [0.1, 0.15) is 25.3 Å².